The predicted octanol–water partition coefficient (Wildman–Crippen LogP) is 2.73. The molecule has 0 atom stereocenters. The highest BCUT2D eigenvalue weighted by Gasteiger charge is 2.13. The lowest BCUT2D eigenvalue weighted by Gasteiger charge is -2.06. The minimum absolute atomic E-state index is 0.901. The van der Waals surface area contributed by atoms with Crippen molar-refractivity contribution in [2.45, 2.75) is 40.5 Å². The van der Waals surface area contributed by atoms with Gasteiger partial charge in [0.15, 0.2) is 5.82 Å². The van der Waals surface area contributed by atoms with Gasteiger partial charge in [0.2, 0.25) is 0 Å². The van der Waals surface area contributed by atoms with Crippen molar-refractivity contribution in [2.24, 2.45) is 0 Å². The topological polar surface area (TPSA) is 42.7 Å². The van der Waals surface area contributed by atoms with E-state index < -0.39 is 0 Å². The maximum absolute atomic E-state index is 4.65. The van der Waals surface area contributed by atoms with Gasteiger partial charge in [-0.05, 0) is 70.0 Å². The summed E-state index contributed by atoms with van der Waals surface area (Å²) in [6.45, 7) is 10.5. The molecule has 0 aliphatic rings. The summed E-state index contributed by atoms with van der Waals surface area (Å²) in [5, 5.41) is 8.09. The molecule has 108 valence electrons. The van der Waals surface area contributed by atoms with E-state index in [1.807, 2.05) is 16.9 Å². The zero-order valence-electron chi connectivity index (χ0n) is 12.9. The Hall–Kier alpha value is -1.68. The van der Waals surface area contributed by atoms with Crippen LogP contribution in [0.3, 0.4) is 0 Å². The fourth-order valence-electron chi connectivity index (χ4n) is 2.41. The average Bonchev–Trinajstić information content (AvgIpc) is 2.71. The molecule has 4 nitrogen and oxygen atoms in total. The molecule has 0 aliphatic carbocycles. The van der Waals surface area contributed by atoms with Gasteiger partial charge in [0.05, 0.1) is 5.69 Å². The summed E-state index contributed by atoms with van der Waals surface area (Å²) >= 11 is 0. The van der Waals surface area contributed by atoms with Crippen molar-refractivity contribution in [3.8, 4) is 5.82 Å². The molecule has 0 fully saturated rings. The summed E-state index contributed by atoms with van der Waals surface area (Å²) in [7, 11) is 0. The van der Waals surface area contributed by atoms with Crippen LogP contribution in [0.1, 0.15) is 35.9 Å². The number of nitrogens with one attached hydrogen (secondary N) is 1. The van der Waals surface area contributed by atoms with Gasteiger partial charge in [-0.1, -0.05) is 6.92 Å². The number of rotatable bonds is 6. The third-order valence-electron chi connectivity index (χ3n) is 3.54. The van der Waals surface area contributed by atoms with E-state index in [-0.39, 0.29) is 0 Å². The molecule has 0 amide bonds. The van der Waals surface area contributed by atoms with Crippen molar-refractivity contribution in [1.82, 2.24) is 20.1 Å². The van der Waals surface area contributed by atoms with E-state index in [1.165, 1.54) is 23.2 Å². The molecular weight excluding hydrogens is 248 g/mol. The maximum atomic E-state index is 4.65. The molecule has 4 heteroatoms. The van der Waals surface area contributed by atoms with Gasteiger partial charge in [0, 0.05) is 11.9 Å². The number of hydrogen-bond donors (Lipinski definition) is 1. The Labute approximate surface area is 121 Å². The molecule has 0 aromatic carbocycles. The van der Waals surface area contributed by atoms with Crippen LogP contribution in [0.5, 0.6) is 0 Å². The zero-order chi connectivity index (χ0) is 14.5. The smallest absolute Gasteiger partial charge is 0.153 e. The van der Waals surface area contributed by atoms with Crippen molar-refractivity contribution in [3.05, 3.63) is 40.8 Å². The summed E-state index contributed by atoms with van der Waals surface area (Å²) in [5.41, 5.74) is 4.83. The van der Waals surface area contributed by atoms with E-state index in [9.17, 15) is 0 Å². The van der Waals surface area contributed by atoms with Crippen molar-refractivity contribution in [1.29, 1.82) is 0 Å². The van der Waals surface area contributed by atoms with Crippen molar-refractivity contribution in [3.63, 3.8) is 0 Å². The predicted molar refractivity (Wildman–Crippen MR) is 82.4 cm³/mol. The monoisotopic (exact) mass is 272 g/mol. The number of pyridine rings is 1. The second kappa shape index (κ2) is 6.66. The summed E-state index contributed by atoms with van der Waals surface area (Å²) < 4.78 is 1.96. The molecule has 0 bridgehead atoms. The molecule has 0 saturated carbocycles. The quantitative estimate of drug-likeness (QED) is 0.822. The Morgan fingerprint density at radius 2 is 2.00 bits per heavy atom. The zero-order valence-corrected chi connectivity index (χ0v) is 12.9. The molecule has 1 N–H and O–H groups in total. The first-order chi connectivity index (χ1) is 9.63. The number of aromatic nitrogens is 3. The largest absolute Gasteiger partial charge is 0.316 e. The van der Waals surface area contributed by atoms with Gasteiger partial charge in [0.25, 0.3) is 0 Å². The third kappa shape index (κ3) is 3.25. The normalized spacial score (nSPS) is 11.0. The average molecular weight is 272 g/mol. The maximum Gasteiger partial charge on any atom is 0.153 e. The van der Waals surface area contributed by atoms with Gasteiger partial charge in [0.1, 0.15) is 0 Å². The summed E-state index contributed by atoms with van der Waals surface area (Å²) in [5.74, 6) is 0.901. The number of nitrogens with zero attached hydrogens (tertiary/aromatic N) is 3. The molecule has 0 aliphatic heterocycles. The molecule has 0 spiro atoms. The van der Waals surface area contributed by atoms with E-state index in [2.05, 4.69) is 49.2 Å². The molecule has 2 rings (SSSR count). The van der Waals surface area contributed by atoms with E-state index in [4.69, 9.17) is 0 Å². The van der Waals surface area contributed by atoms with Gasteiger partial charge < -0.3 is 5.32 Å². The highest BCUT2D eigenvalue weighted by molar-refractivity contribution is 5.34. The highest BCUT2D eigenvalue weighted by Crippen LogP contribution is 2.17. The van der Waals surface area contributed by atoms with Crippen LogP contribution in [-0.4, -0.2) is 27.9 Å². The Bertz CT molecular complexity index is 572. The Morgan fingerprint density at radius 1 is 1.20 bits per heavy atom. The van der Waals surface area contributed by atoms with Gasteiger partial charge >= 0.3 is 0 Å². The van der Waals surface area contributed by atoms with Crippen LogP contribution in [0, 0.1) is 20.8 Å². The van der Waals surface area contributed by atoms with Crippen LogP contribution >= 0.6 is 0 Å². The van der Waals surface area contributed by atoms with Crippen molar-refractivity contribution in [2.75, 3.05) is 13.1 Å². The van der Waals surface area contributed by atoms with Gasteiger partial charge in [-0.15, -0.1) is 0 Å². The SMILES string of the molecule is CCCNCCc1c(C)nn(-c2cc(C)ccn2)c1C. The number of aryl methyl sites for hydroxylation is 2. The van der Waals surface area contributed by atoms with Crippen molar-refractivity contribution < 1.29 is 0 Å². The first-order valence-corrected chi connectivity index (χ1v) is 7.32. The first-order valence-electron chi connectivity index (χ1n) is 7.32. The van der Waals surface area contributed by atoms with E-state index in [0.717, 1.165) is 31.0 Å². The Kier molecular flexibility index (Phi) is 4.90. The molecule has 2 aromatic rings. The van der Waals surface area contributed by atoms with Crippen LogP contribution in [0.25, 0.3) is 5.82 Å². The molecule has 2 heterocycles. The lowest BCUT2D eigenvalue weighted by molar-refractivity contribution is 0.669. The van der Waals surface area contributed by atoms with E-state index in [1.54, 1.807) is 0 Å². The minimum atomic E-state index is 0.901. The van der Waals surface area contributed by atoms with Gasteiger partial charge in [-0.25, -0.2) is 9.67 Å². The summed E-state index contributed by atoms with van der Waals surface area (Å²) in [6.07, 6.45) is 4.03. The van der Waals surface area contributed by atoms with Gasteiger partial charge in [-0.3, -0.25) is 0 Å². The molecule has 0 unspecified atom stereocenters. The molecule has 2 aromatic heterocycles. The van der Waals surface area contributed by atoms with Crippen LogP contribution in [0.15, 0.2) is 18.3 Å². The van der Waals surface area contributed by atoms with Crippen LogP contribution in [0.2, 0.25) is 0 Å². The van der Waals surface area contributed by atoms with E-state index >= 15 is 0 Å². The Balaban J connectivity index is 2.20. The van der Waals surface area contributed by atoms with E-state index in [0.29, 0.717) is 0 Å². The fourth-order valence-corrected chi connectivity index (χ4v) is 2.41. The fraction of sp³-hybridized carbons (Fsp3) is 0.500. The van der Waals surface area contributed by atoms with Crippen LogP contribution in [-0.2, 0) is 6.42 Å². The minimum Gasteiger partial charge on any atom is -0.316 e. The number of hydrogen-bond acceptors (Lipinski definition) is 3. The van der Waals surface area contributed by atoms with Crippen LogP contribution < -0.4 is 5.32 Å². The summed E-state index contributed by atoms with van der Waals surface area (Å²) in [4.78, 5) is 4.42. The van der Waals surface area contributed by atoms with Crippen LogP contribution in [0.4, 0.5) is 0 Å². The first kappa shape index (κ1) is 14.7. The third-order valence-corrected chi connectivity index (χ3v) is 3.54. The lowest BCUT2D eigenvalue weighted by Crippen LogP contribution is -2.18. The summed E-state index contributed by atoms with van der Waals surface area (Å²) in [6, 6.07) is 4.07. The second-order valence-corrected chi connectivity index (χ2v) is 5.25. The molecule has 20 heavy (non-hydrogen) atoms. The molecular formula is C16H24N4. The van der Waals surface area contributed by atoms with Gasteiger partial charge in [-0.2, -0.15) is 5.10 Å². The lowest BCUT2D eigenvalue weighted by atomic mass is 10.1. The van der Waals surface area contributed by atoms with Crippen molar-refractivity contribution >= 4 is 0 Å². The Morgan fingerprint density at radius 3 is 2.70 bits per heavy atom. The highest BCUT2D eigenvalue weighted by atomic mass is 15.3. The standard InChI is InChI=1S/C16H24N4/c1-5-8-17-9-7-15-13(3)19-20(14(15)4)16-11-12(2)6-10-18-16/h6,10-11,17H,5,7-9H2,1-4H3. The second-order valence-electron chi connectivity index (χ2n) is 5.25. The molecule has 0 radical (unpaired) electrons. The molecule has 0 saturated heterocycles.